The smallest absolute Gasteiger partial charge is 0.329 e. The van der Waals surface area contributed by atoms with Gasteiger partial charge >= 0.3 is 12.0 Å². The maximum absolute atomic E-state index is 8.87. The summed E-state index contributed by atoms with van der Waals surface area (Å²) in [5, 5.41) is 8.89. The van der Waals surface area contributed by atoms with Crippen molar-refractivity contribution in [3.63, 3.8) is 0 Å². The van der Waals surface area contributed by atoms with Gasteiger partial charge in [0.2, 0.25) is 5.28 Å². The maximum atomic E-state index is 8.87. The second-order valence-electron chi connectivity index (χ2n) is 4.24. The molecule has 7 heteroatoms. The zero-order valence-corrected chi connectivity index (χ0v) is 12.4. The SMILES string of the molecule is CCCOc1nc(Cl)nc(Oc2ccc(CCO)cc2)n1. The number of aromatic nitrogens is 3. The number of hydrogen-bond donors (Lipinski definition) is 1. The summed E-state index contributed by atoms with van der Waals surface area (Å²) in [4.78, 5) is 11.8. The summed E-state index contributed by atoms with van der Waals surface area (Å²) in [6.07, 6.45) is 1.44. The van der Waals surface area contributed by atoms with Crippen molar-refractivity contribution >= 4 is 11.6 Å². The highest BCUT2D eigenvalue weighted by Crippen LogP contribution is 2.21. The lowest BCUT2D eigenvalue weighted by molar-refractivity contribution is 0.284. The predicted molar refractivity (Wildman–Crippen MR) is 77.9 cm³/mol. The van der Waals surface area contributed by atoms with Gasteiger partial charge in [0.25, 0.3) is 0 Å². The largest absolute Gasteiger partial charge is 0.463 e. The van der Waals surface area contributed by atoms with E-state index in [1.807, 2.05) is 19.1 Å². The van der Waals surface area contributed by atoms with Gasteiger partial charge < -0.3 is 14.6 Å². The monoisotopic (exact) mass is 309 g/mol. The first-order valence-electron chi connectivity index (χ1n) is 6.63. The molecular formula is C14H16ClN3O3. The number of ether oxygens (including phenoxy) is 2. The van der Waals surface area contributed by atoms with Crippen molar-refractivity contribution in [1.82, 2.24) is 15.0 Å². The summed E-state index contributed by atoms with van der Waals surface area (Å²) in [6, 6.07) is 7.50. The number of rotatable bonds is 7. The van der Waals surface area contributed by atoms with Crippen molar-refractivity contribution in [1.29, 1.82) is 0 Å². The van der Waals surface area contributed by atoms with Gasteiger partial charge in [-0.2, -0.15) is 9.97 Å². The van der Waals surface area contributed by atoms with Gasteiger partial charge in [-0.05, 0) is 42.1 Å². The van der Waals surface area contributed by atoms with Crippen molar-refractivity contribution in [3.05, 3.63) is 35.1 Å². The Morgan fingerprint density at radius 2 is 1.81 bits per heavy atom. The predicted octanol–water partition coefficient (Wildman–Crippen LogP) is 2.64. The molecule has 0 aliphatic heterocycles. The van der Waals surface area contributed by atoms with E-state index in [1.165, 1.54) is 0 Å². The first kappa shape index (κ1) is 15.5. The second kappa shape index (κ2) is 7.75. The molecule has 0 radical (unpaired) electrons. The minimum Gasteiger partial charge on any atom is -0.463 e. The van der Waals surface area contributed by atoms with Crippen LogP contribution in [0.3, 0.4) is 0 Å². The minimum absolute atomic E-state index is 0.0167. The van der Waals surface area contributed by atoms with Crippen LogP contribution in [0.25, 0.3) is 0 Å². The lowest BCUT2D eigenvalue weighted by atomic mass is 10.1. The van der Waals surface area contributed by atoms with Crippen LogP contribution >= 0.6 is 11.6 Å². The first-order chi connectivity index (χ1) is 10.2. The third-order valence-corrected chi connectivity index (χ3v) is 2.70. The quantitative estimate of drug-likeness (QED) is 0.847. The van der Waals surface area contributed by atoms with Crippen molar-refractivity contribution in [2.45, 2.75) is 19.8 Å². The van der Waals surface area contributed by atoms with Crippen molar-refractivity contribution in [2.75, 3.05) is 13.2 Å². The Labute approximate surface area is 127 Å². The lowest BCUT2D eigenvalue weighted by Gasteiger charge is -2.07. The fourth-order valence-electron chi connectivity index (χ4n) is 1.58. The summed E-state index contributed by atoms with van der Waals surface area (Å²) in [5.74, 6) is 0.570. The van der Waals surface area contributed by atoms with Crippen molar-refractivity contribution in [2.24, 2.45) is 0 Å². The Kier molecular flexibility index (Phi) is 5.71. The van der Waals surface area contributed by atoms with E-state index in [4.69, 9.17) is 26.2 Å². The molecule has 0 amide bonds. The Balaban J connectivity index is 2.09. The molecule has 112 valence electrons. The highest BCUT2D eigenvalue weighted by molar-refractivity contribution is 6.28. The van der Waals surface area contributed by atoms with Gasteiger partial charge in [-0.25, -0.2) is 0 Å². The molecule has 0 bridgehead atoms. The molecule has 0 spiro atoms. The molecule has 1 aromatic carbocycles. The van der Waals surface area contributed by atoms with Gasteiger partial charge in [0.1, 0.15) is 5.75 Å². The number of hydrogen-bond acceptors (Lipinski definition) is 6. The molecule has 0 aliphatic rings. The van der Waals surface area contributed by atoms with Gasteiger partial charge in [0.15, 0.2) is 0 Å². The van der Waals surface area contributed by atoms with Gasteiger partial charge in [0.05, 0.1) is 6.61 Å². The fourth-order valence-corrected chi connectivity index (χ4v) is 1.72. The van der Waals surface area contributed by atoms with Crippen molar-refractivity contribution < 1.29 is 14.6 Å². The summed E-state index contributed by atoms with van der Waals surface area (Å²) in [7, 11) is 0. The minimum atomic E-state index is 0.0167. The molecule has 0 atom stereocenters. The van der Waals surface area contributed by atoms with Crippen LogP contribution in [0.5, 0.6) is 17.8 Å². The van der Waals surface area contributed by atoms with Crippen LogP contribution < -0.4 is 9.47 Å². The van der Waals surface area contributed by atoms with E-state index >= 15 is 0 Å². The van der Waals surface area contributed by atoms with E-state index in [-0.39, 0.29) is 23.9 Å². The number of nitrogens with zero attached hydrogens (tertiary/aromatic N) is 3. The van der Waals surface area contributed by atoms with E-state index in [9.17, 15) is 0 Å². The highest BCUT2D eigenvalue weighted by atomic mass is 35.5. The molecule has 1 heterocycles. The van der Waals surface area contributed by atoms with Crippen LogP contribution in [0, 0.1) is 0 Å². The van der Waals surface area contributed by atoms with E-state index < -0.39 is 0 Å². The summed E-state index contributed by atoms with van der Waals surface area (Å²) in [6.45, 7) is 2.59. The molecule has 2 rings (SSSR count). The molecule has 0 aliphatic carbocycles. The molecular weight excluding hydrogens is 294 g/mol. The van der Waals surface area contributed by atoms with E-state index in [0.717, 1.165) is 12.0 Å². The van der Waals surface area contributed by atoms with Gasteiger partial charge in [0, 0.05) is 6.61 Å². The van der Waals surface area contributed by atoms with Gasteiger partial charge in [-0.1, -0.05) is 19.1 Å². The molecule has 0 unspecified atom stereocenters. The Morgan fingerprint density at radius 1 is 1.10 bits per heavy atom. The third kappa shape index (κ3) is 4.84. The van der Waals surface area contributed by atoms with Gasteiger partial charge in [-0.3, -0.25) is 0 Å². The molecule has 2 aromatic rings. The van der Waals surface area contributed by atoms with E-state index in [1.54, 1.807) is 12.1 Å². The van der Waals surface area contributed by atoms with E-state index in [0.29, 0.717) is 18.8 Å². The van der Waals surface area contributed by atoms with Gasteiger partial charge in [-0.15, -0.1) is 4.98 Å². The first-order valence-corrected chi connectivity index (χ1v) is 7.01. The zero-order chi connectivity index (χ0) is 15.1. The average Bonchev–Trinajstić information content (AvgIpc) is 2.47. The molecule has 1 aromatic heterocycles. The second-order valence-corrected chi connectivity index (χ2v) is 4.58. The normalized spacial score (nSPS) is 10.4. The summed E-state index contributed by atoms with van der Waals surface area (Å²) in [5.41, 5.74) is 1.02. The number of aliphatic hydroxyl groups excluding tert-OH is 1. The Hall–Kier alpha value is -1.92. The van der Waals surface area contributed by atoms with Crippen LogP contribution in [0.1, 0.15) is 18.9 Å². The molecule has 21 heavy (non-hydrogen) atoms. The van der Waals surface area contributed by atoms with Crippen LogP contribution in [0.4, 0.5) is 0 Å². The standard InChI is InChI=1S/C14H16ClN3O3/c1-2-9-20-13-16-12(15)17-14(18-13)21-11-5-3-10(4-6-11)7-8-19/h3-6,19H,2,7-9H2,1H3. The van der Waals surface area contributed by atoms with Crippen LogP contribution in [-0.2, 0) is 6.42 Å². The maximum Gasteiger partial charge on any atom is 0.329 e. The summed E-state index contributed by atoms with van der Waals surface area (Å²) < 4.78 is 10.8. The molecule has 0 saturated heterocycles. The topological polar surface area (TPSA) is 77.4 Å². The Morgan fingerprint density at radius 3 is 2.48 bits per heavy atom. The van der Waals surface area contributed by atoms with Crippen molar-refractivity contribution in [3.8, 4) is 17.8 Å². The number of benzene rings is 1. The highest BCUT2D eigenvalue weighted by Gasteiger charge is 2.08. The third-order valence-electron chi connectivity index (χ3n) is 2.54. The van der Waals surface area contributed by atoms with E-state index in [2.05, 4.69) is 15.0 Å². The molecule has 0 saturated carbocycles. The average molecular weight is 310 g/mol. The zero-order valence-electron chi connectivity index (χ0n) is 11.6. The summed E-state index contributed by atoms with van der Waals surface area (Å²) >= 11 is 5.81. The number of halogens is 1. The number of aliphatic hydroxyl groups is 1. The van der Waals surface area contributed by atoms with Crippen LogP contribution in [-0.4, -0.2) is 33.3 Å². The molecule has 6 nitrogen and oxygen atoms in total. The molecule has 1 N–H and O–H groups in total. The Bertz CT molecular complexity index is 578. The molecule has 0 fully saturated rings. The van der Waals surface area contributed by atoms with Crippen LogP contribution in [0.15, 0.2) is 24.3 Å². The lowest BCUT2D eigenvalue weighted by Crippen LogP contribution is -2.03. The fraction of sp³-hybridized carbons (Fsp3) is 0.357. The van der Waals surface area contributed by atoms with Crippen LogP contribution in [0.2, 0.25) is 5.28 Å².